The standard InChI is InChI=1S/C42H26N2O/c1-2-10-29(11-3-1)44-37-23-20-28(26-34(37)41-38(44)24-25-40-42(41)33-14-6-9-17-39(33)45-40)27-18-21-30(22-19-27)43-35-15-7-4-12-31(35)32-13-5-8-16-36(32)43/h1-26H. The lowest BCUT2D eigenvalue weighted by Gasteiger charge is -2.10. The van der Waals surface area contributed by atoms with E-state index in [1.807, 2.05) is 6.07 Å². The van der Waals surface area contributed by atoms with Crippen LogP contribution in [-0.2, 0) is 0 Å². The lowest BCUT2D eigenvalue weighted by molar-refractivity contribution is 0.669. The fraction of sp³-hybridized carbons (Fsp3) is 0. The molecule has 3 nitrogen and oxygen atoms in total. The second kappa shape index (κ2) is 9.22. The molecule has 10 rings (SSSR count). The zero-order chi connectivity index (χ0) is 29.5. The number of rotatable bonds is 3. The minimum absolute atomic E-state index is 0.914. The van der Waals surface area contributed by atoms with Crippen LogP contribution < -0.4 is 0 Å². The monoisotopic (exact) mass is 574 g/mol. The Morgan fingerprint density at radius 1 is 0.333 bits per heavy atom. The molecule has 0 spiro atoms. The molecule has 45 heavy (non-hydrogen) atoms. The zero-order valence-electron chi connectivity index (χ0n) is 24.3. The van der Waals surface area contributed by atoms with Crippen molar-refractivity contribution in [2.45, 2.75) is 0 Å². The van der Waals surface area contributed by atoms with E-state index in [0.29, 0.717) is 0 Å². The Hall–Kier alpha value is -6.06. The smallest absolute Gasteiger partial charge is 0.136 e. The van der Waals surface area contributed by atoms with Crippen LogP contribution in [0.2, 0.25) is 0 Å². The minimum Gasteiger partial charge on any atom is -0.456 e. The Bertz CT molecular complexity index is 2690. The fourth-order valence-electron chi connectivity index (χ4n) is 7.36. The van der Waals surface area contributed by atoms with Gasteiger partial charge in [0.25, 0.3) is 0 Å². The molecule has 0 amide bonds. The third-order valence-electron chi connectivity index (χ3n) is 9.32. The van der Waals surface area contributed by atoms with Crippen molar-refractivity contribution in [2.24, 2.45) is 0 Å². The molecule has 0 fully saturated rings. The van der Waals surface area contributed by atoms with Crippen LogP contribution in [0.25, 0.3) is 88.1 Å². The molecule has 0 N–H and O–H groups in total. The summed E-state index contributed by atoms with van der Waals surface area (Å²) in [6.07, 6.45) is 0. The third kappa shape index (κ3) is 3.46. The van der Waals surface area contributed by atoms with E-state index < -0.39 is 0 Å². The van der Waals surface area contributed by atoms with Gasteiger partial charge in [-0.15, -0.1) is 0 Å². The van der Waals surface area contributed by atoms with Gasteiger partial charge in [0.15, 0.2) is 0 Å². The van der Waals surface area contributed by atoms with Crippen molar-refractivity contribution in [2.75, 3.05) is 0 Å². The number of para-hydroxylation sites is 4. The number of fused-ring (bicyclic) bond motifs is 10. The quantitative estimate of drug-likeness (QED) is 0.206. The third-order valence-corrected chi connectivity index (χ3v) is 9.32. The number of hydrogen-bond donors (Lipinski definition) is 0. The maximum Gasteiger partial charge on any atom is 0.136 e. The first-order chi connectivity index (χ1) is 22.3. The van der Waals surface area contributed by atoms with Crippen molar-refractivity contribution in [1.82, 2.24) is 9.13 Å². The summed E-state index contributed by atoms with van der Waals surface area (Å²) >= 11 is 0. The van der Waals surface area contributed by atoms with E-state index in [1.165, 1.54) is 60.1 Å². The highest BCUT2D eigenvalue weighted by Gasteiger charge is 2.19. The van der Waals surface area contributed by atoms with Gasteiger partial charge in [-0.3, -0.25) is 0 Å². The summed E-state index contributed by atoms with van der Waals surface area (Å²) in [7, 11) is 0. The average molecular weight is 575 g/mol. The zero-order valence-corrected chi connectivity index (χ0v) is 24.3. The summed E-state index contributed by atoms with van der Waals surface area (Å²) in [5, 5.41) is 7.30. The van der Waals surface area contributed by atoms with E-state index in [-0.39, 0.29) is 0 Å². The molecule has 0 radical (unpaired) electrons. The molecule has 0 saturated carbocycles. The molecule has 10 aromatic rings. The number of nitrogens with zero attached hydrogens (tertiary/aromatic N) is 2. The van der Waals surface area contributed by atoms with Crippen molar-refractivity contribution >= 4 is 65.6 Å². The average Bonchev–Trinajstić information content (AvgIpc) is 3.76. The molecular formula is C42H26N2O. The van der Waals surface area contributed by atoms with Gasteiger partial charge in [-0.05, 0) is 77.9 Å². The van der Waals surface area contributed by atoms with Gasteiger partial charge in [0.2, 0.25) is 0 Å². The van der Waals surface area contributed by atoms with Gasteiger partial charge in [-0.2, -0.15) is 0 Å². The summed E-state index contributed by atoms with van der Waals surface area (Å²) in [6.45, 7) is 0. The molecule has 0 aliphatic carbocycles. The van der Waals surface area contributed by atoms with Gasteiger partial charge in [-0.25, -0.2) is 0 Å². The Morgan fingerprint density at radius 2 is 0.889 bits per heavy atom. The molecule has 3 heterocycles. The molecular weight excluding hydrogens is 548 g/mol. The van der Waals surface area contributed by atoms with Crippen LogP contribution in [0.1, 0.15) is 0 Å². The molecule has 0 atom stereocenters. The minimum atomic E-state index is 0.914. The first-order valence-electron chi connectivity index (χ1n) is 15.4. The van der Waals surface area contributed by atoms with E-state index in [1.54, 1.807) is 0 Å². The lowest BCUT2D eigenvalue weighted by Crippen LogP contribution is -1.94. The van der Waals surface area contributed by atoms with E-state index in [2.05, 4.69) is 161 Å². The van der Waals surface area contributed by atoms with Crippen molar-refractivity contribution in [3.8, 4) is 22.5 Å². The van der Waals surface area contributed by atoms with E-state index in [4.69, 9.17) is 4.42 Å². The van der Waals surface area contributed by atoms with Gasteiger partial charge in [0.05, 0.1) is 22.1 Å². The van der Waals surface area contributed by atoms with Gasteiger partial charge >= 0.3 is 0 Å². The predicted octanol–water partition coefficient (Wildman–Crippen LogP) is 11.4. The Balaban J connectivity index is 1.20. The molecule has 0 saturated heterocycles. The normalized spacial score (nSPS) is 12.0. The van der Waals surface area contributed by atoms with Gasteiger partial charge in [0, 0.05) is 43.7 Å². The maximum absolute atomic E-state index is 6.34. The summed E-state index contributed by atoms with van der Waals surface area (Å²) in [4.78, 5) is 0. The highest BCUT2D eigenvalue weighted by Crippen LogP contribution is 2.42. The van der Waals surface area contributed by atoms with Gasteiger partial charge in [-0.1, -0.05) is 91.0 Å². The molecule has 0 aliphatic heterocycles. The van der Waals surface area contributed by atoms with Crippen LogP contribution >= 0.6 is 0 Å². The van der Waals surface area contributed by atoms with E-state index in [0.717, 1.165) is 27.9 Å². The van der Waals surface area contributed by atoms with Crippen LogP contribution in [0.4, 0.5) is 0 Å². The Labute approximate surface area is 258 Å². The molecule has 3 heteroatoms. The maximum atomic E-state index is 6.34. The lowest BCUT2D eigenvalue weighted by atomic mass is 10.0. The Kier molecular flexibility index (Phi) is 5.00. The largest absolute Gasteiger partial charge is 0.456 e. The van der Waals surface area contributed by atoms with Crippen molar-refractivity contribution in [3.63, 3.8) is 0 Å². The highest BCUT2D eigenvalue weighted by molar-refractivity contribution is 6.27. The second-order valence-corrected chi connectivity index (χ2v) is 11.8. The number of benzene rings is 7. The van der Waals surface area contributed by atoms with Gasteiger partial charge < -0.3 is 13.6 Å². The molecule has 7 aromatic carbocycles. The molecule has 3 aromatic heterocycles. The molecule has 0 aliphatic rings. The van der Waals surface area contributed by atoms with Crippen LogP contribution in [0.3, 0.4) is 0 Å². The summed E-state index contributed by atoms with van der Waals surface area (Å²) in [5.74, 6) is 0. The molecule has 0 bridgehead atoms. The second-order valence-electron chi connectivity index (χ2n) is 11.8. The molecule has 210 valence electrons. The van der Waals surface area contributed by atoms with Crippen LogP contribution in [0.15, 0.2) is 162 Å². The van der Waals surface area contributed by atoms with Crippen molar-refractivity contribution in [3.05, 3.63) is 158 Å². The summed E-state index contributed by atoms with van der Waals surface area (Å²) in [6, 6.07) is 56.5. The van der Waals surface area contributed by atoms with Crippen molar-refractivity contribution in [1.29, 1.82) is 0 Å². The van der Waals surface area contributed by atoms with Gasteiger partial charge in [0.1, 0.15) is 11.2 Å². The Morgan fingerprint density at radius 3 is 1.64 bits per heavy atom. The number of aromatic nitrogens is 2. The topological polar surface area (TPSA) is 23.0 Å². The first kappa shape index (κ1) is 24.4. The number of furan rings is 1. The van der Waals surface area contributed by atoms with E-state index >= 15 is 0 Å². The number of hydrogen-bond acceptors (Lipinski definition) is 1. The summed E-state index contributed by atoms with van der Waals surface area (Å²) < 4.78 is 11.1. The van der Waals surface area contributed by atoms with Crippen LogP contribution in [-0.4, -0.2) is 9.13 Å². The van der Waals surface area contributed by atoms with E-state index in [9.17, 15) is 0 Å². The first-order valence-corrected chi connectivity index (χ1v) is 15.4. The highest BCUT2D eigenvalue weighted by atomic mass is 16.3. The summed E-state index contributed by atoms with van der Waals surface area (Å²) in [5.41, 5.74) is 11.3. The molecule has 0 unspecified atom stereocenters. The van der Waals surface area contributed by atoms with Crippen molar-refractivity contribution < 1.29 is 4.42 Å². The predicted molar refractivity (Wildman–Crippen MR) is 188 cm³/mol. The fourth-order valence-corrected chi connectivity index (χ4v) is 7.36. The van der Waals surface area contributed by atoms with Crippen LogP contribution in [0.5, 0.6) is 0 Å². The SMILES string of the molecule is c1ccc(-n2c3ccc(-c4ccc(-n5c6ccccc6c6ccccc65)cc4)cc3c3c4c(ccc32)oc2ccccc24)cc1. The van der Waals surface area contributed by atoms with Crippen LogP contribution in [0, 0.1) is 0 Å².